The first kappa shape index (κ1) is 14.5. The molecule has 1 aliphatic heterocycles. The van der Waals surface area contributed by atoms with Gasteiger partial charge in [0.2, 0.25) is 5.91 Å². The highest BCUT2D eigenvalue weighted by Gasteiger charge is 2.46. The summed E-state index contributed by atoms with van der Waals surface area (Å²) in [5.74, 6) is 1.31. The Hall–Kier alpha value is -1.54. The second-order valence-corrected chi connectivity index (χ2v) is 5.00. The van der Waals surface area contributed by atoms with Gasteiger partial charge >= 0.3 is 5.97 Å². The number of carboxylic acids is 1. The number of hydrogen-bond acceptors (Lipinski definition) is 3. The van der Waals surface area contributed by atoms with Crippen molar-refractivity contribution >= 4 is 11.9 Å². The lowest BCUT2D eigenvalue weighted by atomic mass is 9.75. The van der Waals surface area contributed by atoms with Crippen LogP contribution in [0.25, 0.3) is 0 Å². The number of nitrogens with one attached hydrogen (secondary N) is 1. The number of amides is 1. The van der Waals surface area contributed by atoms with E-state index in [2.05, 4.69) is 11.2 Å². The third-order valence-corrected chi connectivity index (χ3v) is 3.61. The van der Waals surface area contributed by atoms with Crippen molar-refractivity contribution in [2.45, 2.75) is 20.3 Å². The molecule has 5 heteroatoms. The van der Waals surface area contributed by atoms with E-state index in [1.807, 2.05) is 13.8 Å². The summed E-state index contributed by atoms with van der Waals surface area (Å²) in [6.07, 6.45) is 5.93. The van der Waals surface area contributed by atoms with Crippen molar-refractivity contribution in [3.8, 4) is 12.3 Å². The van der Waals surface area contributed by atoms with E-state index < -0.39 is 11.4 Å². The molecule has 1 unspecified atom stereocenters. The Morgan fingerprint density at radius 3 is 2.61 bits per heavy atom. The number of carboxylic acid groups (broad SMARTS) is 1. The predicted octanol–water partition coefficient (Wildman–Crippen LogP) is 0.169. The molecule has 0 aliphatic carbocycles. The zero-order valence-electron chi connectivity index (χ0n) is 10.9. The van der Waals surface area contributed by atoms with Gasteiger partial charge in [-0.1, -0.05) is 19.8 Å². The van der Waals surface area contributed by atoms with Gasteiger partial charge in [0, 0.05) is 6.54 Å². The number of carbonyl (C=O) groups excluding carboxylic acids is 1. The van der Waals surface area contributed by atoms with Crippen LogP contribution in [0.3, 0.4) is 0 Å². The standard InChI is InChI=1S/C13H20N2O3/c1-4-7-15(8-11(16)17)12(18)13(10(2)3)5-6-14-9-13/h1,10,14H,5-9H2,2-3H3,(H,16,17). The van der Waals surface area contributed by atoms with Crippen molar-refractivity contribution in [2.24, 2.45) is 11.3 Å². The zero-order valence-corrected chi connectivity index (χ0v) is 10.9. The molecule has 0 bridgehead atoms. The molecule has 0 aromatic heterocycles. The van der Waals surface area contributed by atoms with E-state index in [9.17, 15) is 9.59 Å². The summed E-state index contributed by atoms with van der Waals surface area (Å²) in [4.78, 5) is 24.6. The maximum atomic E-state index is 12.6. The lowest BCUT2D eigenvalue weighted by Crippen LogP contribution is -2.49. The largest absolute Gasteiger partial charge is 0.480 e. The van der Waals surface area contributed by atoms with E-state index in [0.29, 0.717) is 6.54 Å². The van der Waals surface area contributed by atoms with E-state index in [0.717, 1.165) is 13.0 Å². The molecule has 0 aromatic rings. The minimum atomic E-state index is -1.04. The Morgan fingerprint density at radius 2 is 2.22 bits per heavy atom. The lowest BCUT2D eigenvalue weighted by molar-refractivity contribution is -0.150. The topological polar surface area (TPSA) is 69.6 Å². The van der Waals surface area contributed by atoms with Crippen molar-refractivity contribution in [1.29, 1.82) is 0 Å². The molecule has 0 spiro atoms. The van der Waals surface area contributed by atoms with Gasteiger partial charge in [0.1, 0.15) is 6.54 Å². The maximum Gasteiger partial charge on any atom is 0.323 e. The number of carbonyl (C=O) groups is 2. The van der Waals surface area contributed by atoms with Crippen molar-refractivity contribution in [3.63, 3.8) is 0 Å². The van der Waals surface area contributed by atoms with Gasteiger partial charge in [-0.3, -0.25) is 9.59 Å². The molecule has 18 heavy (non-hydrogen) atoms. The predicted molar refractivity (Wildman–Crippen MR) is 67.8 cm³/mol. The molecule has 0 saturated carbocycles. The van der Waals surface area contributed by atoms with Crippen molar-refractivity contribution in [2.75, 3.05) is 26.2 Å². The number of rotatable bonds is 5. The molecule has 1 atom stereocenters. The Labute approximate surface area is 108 Å². The minimum Gasteiger partial charge on any atom is -0.480 e. The first-order valence-corrected chi connectivity index (χ1v) is 6.09. The Morgan fingerprint density at radius 1 is 1.56 bits per heavy atom. The van der Waals surface area contributed by atoms with Crippen molar-refractivity contribution in [3.05, 3.63) is 0 Å². The fourth-order valence-electron chi connectivity index (χ4n) is 2.42. The second-order valence-electron chi connectivity index (χ2n) is 5.00. The van der Waals surface area contributed by atoms with Gasteiger partial charge in [0.15, 0.2) is 0 Å². The smallest absolute Gasteiger partial charge is 0.323 e. The van der Waals surface area contributed by atoms with Crippen LogP contribution < -0.4 is 5.32 Å². The van der Waals surface area contributed by atoms with Crippen LogP contribution in [0.15, 0.2) is 0 Å². The summed E-state index contributed by atoms with van der Waals surface area (Å²) in [5, 5.41) is 12.0. The van der Waals surface area contributed by atoms with Gasteiger partial charge < -0.3 is 15.3 Å². The molecule has 1 saturated heterocycles. The van der Waals surface area contributed by atoms with Crippen LogP contribution in [0.5, 0.6) is 0 Å². The second kappa shape index (κ2) is 5.87. The highest BCUT2D eigenvalue weighted by atomic mass is 16.4. The molecule has 1 heterocycles. The monoisotopic (exact) mass is 252 g/mol. The number of aliphatic carboxylic acids is 1. The molecule has 1 amide bonds. The SMILES string of the molecule is C#CCN(CC(=O)O)C(=O)C1(C(C)C)CCNC1. The Bertz CT molecular complexity index is 365. The molecule has 1 rings (SSSR count). The molecular weight excluding hydrogens is 232 g/mol. The quantitative estimate of drug-likeness (QED) is 0.684. The number of nitrogens with zero attached hydrogens (tertiary/aromatic N) is 1. The van der Waals surface area contributed by atoms with Crippen LogP contribution in [0, 0.1) is 23.7 Å². The summed E-state index contributed by atoms with van der Waals surface area (Å²) in [6.45, 7) is 5.04. The van der Waals surface area contributed by atoms with Crippen LogP contribution in [0.4, 0.5) is 0 Å². The highest BCUT2D eigenvalue weighted by Crippen LogP contribution is 2.36. The highest BCUT2D eigenvalue weighted by molar-refractivity contribution is 5.87. The average Bonchev–Trinajstić information content (AvgIpc) is 2.77. The molecular formula is C13H20N2O3. The summed E-state index contributed by atoms with van der Waals surface area (Å²) in [5.41, 5.74) is -0.522. The van der Waals surface area contributed by atoms with E-state index in [1.165, 1.54) is 4.90 Å². The normalized spacial score (nSPS) is 22.8. The molecule has 0 radical (unpaired) electrons. The fourth-order valence-corrected chi connectivity index (χ4v) is 2.42. The van der Waals surface area contributed by atoms with Gasteiger partial charge in [-0.05, 0) is 18.9 Å². The maximum absolute atomic E-state index is 12.6. The molecule has 1 aliphatic rings. The van der Waals surface area contributed by atoms with Crippen LogP contribution >= 0.6 is 0 Å². The fraction of sp³-hybridized carbons (Fsp3) is 0.692. The summed E-state index contributed by atoms with van der Waals surface area (Å²) in [7, 11) is 0. The van der Waals surface area contributed by atoms with Crippen LogP contribution in [0.1, 0.15) is 20.3 Å². The van der Waals surface area contributed by atoms with Gasteiger partial charge in [-0.2, -0.15) is 0 Å². The van der Waals surface area contributed by atoms with Gasteiger partial charge in [-0.25, -0.2) is 0 Å². The minimum absolute atomic E-state index is 0.0413. The summed E-state index contributed by atoms with van der Waals surface area (Å²) < 4.78 is 0. The first-order valence-electron chi connectivity index (χ1n) is 6.09. The van der Waals surface area contributed by atoms with E-state index in [1.54, 1.807) is 0 Å². The van der Waals surface area contributed by atoms with Gasteiger partial charge in [0.05, 0.1) is 12.0 Å². The number of terminal acetylenes is 1. The van der Waals surface area contributed by atoms with Gasteiger partial charge in [-0.15, -0.1) is 6.42 Å². The Balaban J connectivity index is 2.92. The third-order valence-electron chi connectivity index (χ3n) is 3.61. The van der Waals surface area contributed by atoms with Crippen molar-refractivity contribution < 1.29 is 14.7 Å². The summed E-state index contributed by atoms with van der Waals surface area (Å²) in [6, 6.07) is 0. The number of hydrogen-bond donors (Lipinski definition) is 2. The molecule has 1 fully saturated rings. The van der Waals surface area contributed by atoms with Crippen LogP contribution in [0.2, 0.25) is 0 Å². The van der Waals surface area contributed by atoms with E-state index in [-0.39, 0.29) is 24.9 Å². The van der Waals surface area contributed by atoms with Crippen LogP contribution in [-0.2, 0) is 9.59 Å². The summed E-state index contributed by atoms with van der Waals surface area (Å²) >= 11 is 0. The molecule has 100 valence electrons. The van der Waals surface area contributed by atoms with Gasteiger partial charge in [0.25, 0.3) is 0 Å². The lowest BCUT2D eigenvalue weighted by Gasteiger charge is -2.35. The van der Waals surface area contributed by atoms with E-state index >= 15 is 0 Å². The Kier molecular flexibility index (Phi) is 4.74. The van der Waals surface area contributed by atoms with Crippen molar-refractivity contribution in [1.82, 2.24) is 10.2 Å². The molecule has 5 nitrogen and oxygen atoms in total. The van der Waals surface area contributed by atoms with E-state index in [4.69, 9.17) is 11.5 Å². The average molecular weight is 252 g/mol. The molecule has 2 N–H and O–H groups in total. The molecule has 0 aromatic carbocycles. The third kappa shape index (κ3) is 2.82. The zero-order chi connectivity index (χ0) is 13.8. The first-order chi connectivity index (χ1) is 8.44. The van der Waals surface area contributed by atoms with Crippen LogP contribution in [-0.4, -0.2) is 48.1 Å².